The minimum Gasteiger partial charge on any atom is -0.308 e. The molecule has 0 aliphatic heterocycles. The number of benzene rings is 1. The van der Waals surface area contributed by atoms with E-state index in [0.717, 1.165) is 11.2 Å². The predicted molar refractivity (Wildman–Crippen MR) is 86.4 cm³/mol. The summed E-state index contributed by atoms with van der Waals surface area (Å²) in [7, 11) is 1.99. The summed E-state index contributed by atoms with van der Waals surface area (Å²) in [4.78, 5) is 6.17. The molecule has 1 atom stereocenters. The summed E-state index contributed by atoms with van der Waals surface area (Å²) in [6, 6.07) is 12.9. The molecule has 1 unspecified atom stereocenters. The first-order valence-corrected chi connectivity index (χ1v) is 7.65. The average Bonchev–Trinajstić information content (AvgIpc) is 2.86. The molecule has 1 aromatic carbocycles. The molecule has 20 heavy (non-hydrogen) atoms. The Morgan fingerprint density at radius 2 is 1.95 bits per heavy atom. The molecule has 102 valence electrons. The summed E-state index contributed by atoms with van der Waals surface area (Å²) >= 11 is 1.78. The second-order valence-electron chi connectivity index (χ2n) is 5.09. The molecule has 0 radical (unpaired) electrons. The van der Waals surface area contributed by atoms with Gasteiger partial charge in [-0.15, -0.1) is 11.3 Å². The van der Waals surface area contributed by atoms with E-state index in [9.17, 15) is 0 Å². The van der Waals surface area contributed by atoms with E-state index in [2.05, 4.69) is 54.9 Å². The molecule has 3 heteroatoms. The van der Waals surface area contributed by atoms with Crippen LogP contribution in [0.2, 0.25) is 0 Å². The summed E-state index contributed by atoms with van der Waals surface area (Å²) in [5.41, 5.74) is 4.71. The van der Waals surface area contributed by atoms with Crippen LogP contribution in [-0.4, -0.2) is 12.0 Å². The van der Waals surface area contributed by atoms with E-state index in [1.807, 2.05) is 13.1 Å². The summed E-state index contributed by atoms with van der Waals surface area (Å²) in [5.74, 6) is 0. The second-order valence-corrected chi connectivity index (χ2v) is 6.21. The highest BCUT2D eigenvalue weighted by Gasteiger charge is 2.16. The summed E-state index contributed by atoms with van der Waals surface area (Å²) in [6.07, 6.45) is 0. The Morgan fingerprint density at radius 3 is 2.65 bits per heavy atom. The van der Waals surface area contributed by atoms with Crippen LogP contribution < -0.4 is 5.32 Å². The van der Waals surface area contributed by atoms with Gasteiger partial charge >= 0.3 is 0 Å². The fourth-order valence-electron chi connectivity index (χ4n) is 2.62. The van der Waals surface area contributed by atoms with Crippen LogP contribution in [0.5, 0.6) is 0 Å². The maximum Gasteiger partial charge on any atom is 0.0757 e. The quantitative estimate of drug-likeness (QED) is 0.778. The van der Waals surface area contributed by atoms with Crippen LogP contribution in [0.3, 0.4) is 0 Å². The lowest BCUT2D eigenvalue weighted by atomic mass is 10.0. The fraction of sp³-hybridized carbons (Fsp3) is 0.235. The highest BCUT2D eigenvalue weighted by molar-refractivity contribution is 7.10. The molecule has 3 rings (SSSR count). The Bertz CT molecular complexity index is 746. The molecule has 0 aliphatic rings. The van der Waals surface area contributed by atoms with Crippen molar-refractivity contribution in [2.45, 2.75) is 19.9 Å². The van der Waals surface area contributed by atoms with Crippen molar-refractivity contribution in [3.05, 3.63) is 63.5 Å². The van der Waals surface area contributed by atoms with Gasteiger partial charge < -0.3 is 5.32 Å². The molecule has 0 saturated heterocycles. The minimum absolute atomic E-state index is 0.156. The van der Waals surface area contributed by atoms with Gasteiger partial charge in [0.25, 0.3) is 0 Å². The van der Waals surface area contributed by atoms with Gasteiger partial charge in [-0.2, -0.15) is 0 Å². The number of aryl methyl sites for hydroxylation is 2. The normalized spacial score (nSPS) is 12.8. The first-order valence-electron chi connectivity index (χ1n) is 6.77. The summed E-state index contributed by atoms with van der Waals surface area (Å²) in [6.45, 7) is 4.29. The van der Waals surface area contributed by atoms with Crippen LogP contribution in [0.4, 0.5) is 0 Å². The molecule has 0 spiro atoms. The van der Waals surface area contributed by atoms with Crippen LogP contribution in [0, 0.1) is 13.8 Å². The van der Waals surface area contributed by atoms with Gasteiger partial charge in [-0.25, -0.2) is 0 Å². The average molecular weight is 282 g/mol. The lowest BCUT2D eigenvalue weighted by Crippen LogP contribution is -2.18. The maximum absolute atomic E-state index is 4.83. The van der Waals surface area contributed by atoms with Crippen molar-refractivity contribution < 1.29 is 0 Å². The molecular weight excluding hydrogens is 264 g/mol. The number of fused-ring (bicyclic) bond motifs is 1. The van der Waals surface area contributed by atoms with E-state index < -0.39 is 0 Å². The third kappa shape index (κ3) is 2.35. The van der Waals surface area contributed by atoms with Gasteiger partial charge in [0.05, 0.1) is 17.3 Å². The number of para-hydroxylation sites is 1. The van der Waals surface area contributed by atoms with Gasteiger partial charge in [0.15, 0.2) is 0 Å². The van der Waals surface area contributed by atoms with Crippen molar-refractivity contribution in [2.24, 2.45) is 0 Å². The van der Waals surface area contributed by atoms with Crippen molar-refractivity contribution >= 4 is 22.2 Å². The van der Waals surface area contributed by atoms with E-state index in [-0.39, 0.29) is 6.04 Å². The Labute approximate surface area is 123 Å². The largest absolute Gasteiger partial charge is 0.308 e. The highest BCUT2D eigenvalue weighted by Crippen LogP contribution is 2.27. The molecule has 0 aliphatic carbocycles. The first kappa shape index (κ1) is 13.3. The van der Waals surface area contributed by atoms with E-state index in [1.54, 1.807) is 11.3 Å². The van der Waals surface area contributed by atoms with Crippen LogP contribution in [0.15, 0.2) is 41.8 Å². The Balaban J connectivity index is 2.12. The van der Waals surface area contributed by atoms with Crippen LogP contribution in [0.1, 0.15) is 27.7 Å². The van der Waals surface area contributed by atoms with Gasteiger partial charge in [-0.1, -0.05) is 18.2 Å². The number of thiophene rings is 1. The molecule has 0 amide bonds. The van der Waals surface area contributed by atoms with Gasteiger partial charge in [0, 0.05) is 10.3 Å². The molecule has 2 aromatic heterocycles. The second kappa shape index (κ2) is 5.35. The third-order valence-corrected chi connectivity index (χ3v) is 4.49. The molecule has 1 N–H and O–H groups in total. The molecule has 2 heterocycles. The van der Waals surface area contributed by atoms with Crippen molar-refractivity contribution in [2.75, 3.05) is 7.05 Å². The van der Waals surface area contributed by atoms with E-state index in [4.69, 9.17) is 4.98 Å². The zero-order valence-electron chi connectivity index (χ0n) is 12.0. The Morgan fingerprint density at radius 1 is 1.15 bits per heavy atom. The molecule has 3 aromatic rings. The predicted octanol–water partition coefficient (Wildman–Crippen LogP) is 4.22. The zero-order valence-corrected chi connectivity index (χ0v) is 12.8. The number of nitrogens with zero attached hydrogens (tertiary/aromatic N) is 1. The number of hydrogen-bond donors (Lipinski definition) is 1. The number of rotatable bonds is 3. The molecule has 0 fully saturated rings. The van der Waals surface area contributed by atoms with Crippen molar-refractivity contribution in [3.63, 3.8) is 0 Å². The van der Waals surface area contributed by atoms with Gasteiger partial charge in [-0.3, -0.25) is 4.98 Å². The fourth-order valence-corrected chi connectivity index (χ4v) is 3.35. The third-order valence-electron chi connectivity index (χ3n) is 3.61. The smallest absolute Gasteiger partial charge is 0.0757 e. The first-order chi connectivity index (χ1) is 9.69. The number of hydrogen-bond acceptors (Lipinski definition) is 3. The molecule has 0 bridgehead atoms. The lowest BCUT2D eigenvalue weighted by molar-refractivity contribution is 0.675. The van der Waals surface area contributed by atoms with E-state index >= 15 is 0 Å². The summed E-state index contributed by atoms with van der Waals surface area (Å²) in [5, 5.41) is 6.82. The highest BCUT2D eigenvalue weighted by atomic mass is 32.1. The van der Waals surface area contributed by atoms with Crippen LogP contribution >= 0.6 is 11.3 Å². The van der Waals surface area contributed by atoms with Crippen molar-refractivity contribution in [3.8, 4) is 0 Å². The lowest BCUT2D eigenvalue weighted by Gasteiger charge is -2.16. The minimum atomic E-state index is 0.156. The van der Waals surface area contributed by atoms with E-state index in [0.29, 0.717) is 0 Å². The SMILES string of the molecule is CNC(c1csc(C)c1)c1cc(C)c2ccccc2n1. The van der Waals surface area contributed by atoms with Crippen LogP contribution in [0.25, 0.3) is 10.9 Å². The zero-order chi connectivity index (χ0) is 14.1. The van der Waals surface area contributed by atoms with Gasteiger partial charge in [0.1, 0.15) is 0 Å². The Kier molecular flexibility index (Phi) is 3.55. The molecule has 0 saturated carbocycles. The number of pyridine rings is 1. The Hall–Kier alpha value is -1.71. The number of nitrogens with one attached hydrogen (secondary N) is 1. The van der Waals surface area contributed by atoms with Gasteiger partial charge in [-0.05, 0) is 55.6 Å². The van der Waals surface area contributed by atoms with Crippen molar-refractivity contribution in [1.82, 2.24) is 10.3 Å². The summed E-state index contributed by atoms with van der Waals surface area (Å²) < 4.78 is 0. The topological polar surface area (TPSA) is 24.9 Å². The van der Waals surface area contributed by atoms with Gasteiger partial charge in [0.2, 0.25) is 0 Å². The maximum atomic E-state index is 4.83. The van der Waals surface area contributed by atoms with E-state index in [1.165, 1.54) is 21.4 Å². The number of aromatic nitrogens is 1. The van der Waals surface area contributed by atoms with Crippen LogP contribution in [-0.2, 0) is 0 Å². The molecule has 2 nitrogen and oxygen atoms in total. The standard InChI is InChI=1S/C17H18N2S/c1-11-8-16(19-15-7-5-4-6-14(11)15)17(18-3)13-9-12(2)20-10-13/h4-10,17-18H,1-3H3. The van der Waals surface area contributed by atoms with Crippen molar-refractivity contribution in [1.29, 1.82) is 0 Å². The monoisotopic (exact) mass is 282 g/mol. The molecular formula is C17H18N2S.